The topological polar surface area (TPSA) is 68.2 Å². The SMILES string of the molecule is CCc1ccsc1-c1nc(C(N)CN2CCCC2)no1. The fraction of sp³-hybridized carbons (Fsp3) is 0.571. The van der Waals surface area contributed by atoms with E-state index in [-0.39, 0.29) is 6.04 Å². The van der Waals surface area contributed by atoms with Crippen LogP contribution in [0.15, 0.2) is 16.0 Å². The smallest absolute Gasteiger partial charge is 0.268 e. The Bertz CT molecular complexity index is 559. The van der Waals surface area contributed by atoms with Crippen molar-refractivity contribution in [3.8, 4) is 10.8 Å². The molecule has 3 heterocycles. The Labute approximate surface area is 122 Å². The van der Waals surface area contributed by atoms with Crippen molar-refractivity contribution in [3.63, 3.8) is 0 Å². The summed E-state index contributed by atoms with van der Waals surface area (Å²) in [5.41, 5.74) is 7.44. The predicted molar refractivity (Wildman–Crippen MR) is 79.6 cm³/mol. The van der Waals surface area contributed by atoms with Gasteiger partial charge in [0.25, 0.3) is 5.89 Å². The largest absolute Gasteiger partial charge is 0.333 e. The number of likely N-dealkylation sites (tertiary alicyclic amines) is 1. The molecule has 0 bridgehead atoms. The lowest BCUT2D eigenvalue weighted by Gasteiger charge is -2.17. The van der Waals surface area contributed by atoms with Gasteiger partial charge in [-0.05, 0) is 49.4 Å². The zero-order chi connectivity index (χ0) is 13.9. The summed E-state index contributed by atoms with van der Waals surface area (Å²) >= 11 is 1.64. The Hall–Kier alpha value is -1.24. The summed E-state index contributed by atoms with van der Waals surface area (Å²) < 4.78 is 5.39. The minimum Gasteiger partial charge on any atom is -0.333 e. The first kappa shape index (κ1) is 13.7. The Morgan fingerprint density at radius 1 is 1.45 bits per heavy atom. The summed E-state index contributed by atoms with van der Waals surface area (Å²) in [6, 6.07) is 1.93. The van der Waals surface area contributed by atoms with Crippen LogP contribution in [0.25, 0.3) is 10.8 Å². The summed E-state index contributed by atoms with van der Waals surface area (Å²) in [5.74, 6) is 1.21. The van der Waals surface area contributed by atoms with Gasteiger partial charge in [-0.25, -0.2) is 0 Å². The quantitative estimate of drug-likeness (QED) is 0.917. The van der Waals surface area contributed by atoms with E-state index in [0.717, 1.165) is 30.9 Å². The molecule has 3 rings (SSSR count). The van der Waals surface area contributed by atoms with Crippen molar-refractivity contribution in [3.05, 3.63) is 22.8 Å². The average molecular weight is 292 g/mol. The molecule has 0 spiro atoms. The molecule has 2 N–H and O–H groups in total. The molecule has 2 aromatic rings. The molecule has 1 fully saturated rings. The molecular formula is C14H20N4OS. The molecule has 20 heavy (non-hydrogen) atoms. The van der Waals surface area contributed by atoms with E-state index >= 15 is 0 Å². The number of thiophene rings is 1. The molecule has 1 aliphatic rings. The summed E-state index contributed by atoms with van der Waals surface area (Å²) in [6.07, 6.45) is 3.49. The summed E-state index contributed by atoms with van der Waals surface area (Å²) in [6.45, 7) is 5.19. The van der Waals surface area contributed by atoms with Crippen molar-refractivity contribution in [1.82, 2.24) is 15.0 Å². The molecule has 0 radical (unpaired) electrons. The van der Waals surface area contributed by atoms with E-state index in [0.29, 0.717) is 11.7 Å². The molecule has 0 aliphatic carbocycles. The maximum Gasteiger partial charge on any atom is 0.268 e. The van der Waals surface area contributed by atoms with Crippen LogP contribution < -0.4 is 5.73 Å². The second-order valence-electron chi connectivity index (χ2n) is 5.20. The second-order valence-corrected chi connectivity index (χ2v) is 6.12. The van der Waals surface area contributed by atoms with Gasteiger partial charge in [0.1, 0.15) is 0 Å². The van der Waals surface area contributed by atoms with Crippen molar-refractivity contribution in [1.29, 1.82) is 0 Å². The van der Waals surface area contributed by atoms with Crippen molar-refractivity contribution in [2.45, 2.75) is 32.2 Å². The number of aryl methyl sites for hydroxylation is 1. The molecule has 108 valence electrons. The lowest BCUT2D eigenvalue weighted by Crippen LogP contribution is -2.30. The van der Waals surface area contributed by atoms with Gasteiger partial charge in [0.05, 0.1) is 10.9 Å². The highest BCUT2D eigenvalue weighted by atomic mass is 32.1. The fourth-order valence-electron chi connectivity index (χ4n) is 2.60. The van der Waals surface area contributed by atoms with Crippen LogP contribution in [0.4, 0.5) is 0 Å². The summed E-state index contributed by atoms with van der Waals surface area (Å²) in [7, 11) is 0. The first-order valence-electron chi connectivity index (χ1n) is 7.16. The number of rotatable bonds is 5. The lowest BCUT2D eigenvalue weighted by molar-refractivity contribution is 0.306. The van der Waals surface area contributed by atoms with Crippen LogP contribution in [0.1, 0.15) is 37.2 Å². The first-order valence-corrected chi connectivity index (χ1v) is 8.04. The van der Waals surface area contributed by atoms with E-state index < -0.39 is 0 Å². The molecule has 1 unspecified atom stereocenters. The van der Waals surface area contributed by atoms with Gasteiger partial charge in [0.15, 0.2) is 5.82 Å². The Balaban J connectivity index is 1.72. The Morgan fingerprint density at radius 2 is 2.25 bits per heavy atom. The van der Waals surface area contributed by atoms with Gasteiger partial charge in [-0.2, -0.15) is 4.98 Å². The number of nitrogens with zero attached hydrogens (tertiary/aromatic N) is 3. The van der Waals surface area contributed by atoms with E-state index in [4.69, 9.17) is 10.3 Å². The molecule has 0 aromatic carbocycles. The molecule has 0 amide bonds. The van der Waals surface area contributed by atoms with Crippen LogP contribution in [-0.2, 0) is 6.42 Å². The van der Waals surface area contributed by atoms with Crippen molar-refractivity contribution >= 4 is 11.3 Å². The third-order valence-corrected chi connectivity index (χ3v) is 4.69. The van der Waals surface area contributed by atoms with Gasteiger partial charge in [-0.3, -0.25) is 0 Å². The maximum atomic E-state index is 6.19. The number of aromatic nitrogens is 2. The molecule has 1 aliphatic heterocycles. The number of nitrogens with two attached hydrogens (primary N) is 1. The molecule has 1 atom stereocenters. The van der Waals surface area contributed by atoms with E-state index in [2.05, 4.69) is 33.4 Å². The van der Waals surface area contributed by atoms with Gasteiger partial charge in [-0.1, -0.05) is 12.1 Å². The second kappa shape index (κ2) is 6.03. The standard InChI is InChI=1S/C14H20N4OS/c1-2-10-5-8-20-12(10)14-16-13(17-19-14)11(15)9-18-6-3-4-7-18/h5,8,11H,2-4,6-7,9,15H2,1H3. The van der Waals surface area contributed by atoms with E-state index in [1.54, 1.807) is 11.3 Å². The third kappa shape index (κ3) is 2.77. The van der Waals surface area contributed by atoms with Gasteiger partial charge >= 0.3 is 0 Å². The first-order chi connectivity index (χ1) is 9.78. The van der Waals surface area contributed by atoms with Crippen LogP contribution >= 0.6 is 11.3 Å². The lowest BCUT2D eigenvalue weighted by atomic mass is 10.2. The van der Waals surface area contributed by atoms with Crippen LogP contribution in [0.2, 0.25) is 0 Å². The van der Waals surface area contributed by atoms with E-state index in [9.17, 15) is 0 Å². The highest BCUT2D eigenvalue weighted by Gasteiger charge is 2.21. The molecule has 0 saturated carbocycles. The number of hydrogen-bond donors (Lipinski definition) is 1. The average Bonchev–Trinajstić information content (AvgIpc) is 3.19. The summed E-state index contributed by atoms with van der Waals surface area (Å²) in [4.78, 5) is 7.92. The normalized spacial score (nSPS) is 17.7. The zero-order valence-electron chi connectivity index (χ0n) is 11.7. The van der Waals surface area contributed by atoms with Gasteiger partial charge in [-0.15, -0.1) is 11.3 Å². The van der Waals surface area contributed by atoms with Crippen LogP contribution in [0, 0.1) is 0 Å². The zero-order valence-corrected chi connectivity index (χ0v) is 12.5. The van der Waals surface area contributed by atoms with Crippen LogP contribution in [0.3, 0.4) is 0 Å². The Morgan fingerprint density at radius 3 is 3.00 bits per heavy atom. The van der Waals surface area contributed by atoms with Gasteiger partial charge in [0.2, 0.25) is 0 Å². The minimum absolute atomic E-state index is 0.171. The molecule has 2 aromatic heterocycles. The van der Waals surface area contributed by atoms with Crippen LogP contribution in [0.5, 0.6) is 0 Å². The highest BCUT2D eigenvalue weighted by Crippen LogP contribution is 2.29. The van der Waals surface area contributed by atoms with Gasteiger partial charge < -0.3 is 15.2 Å². The molecule has 1 saturated heterocycles. The van der Waals surface area contributed by atoms with E-state index in [1.807, 2.05) is 0 Å². The highest BCUT2D eigenvalue weighted by molar-refractivity contribution is 7.13. The van der Waals surface area contributed by atoms with Crippen molar-refractivity contribution in [2.75, 3.05) is 19.6 Å². The number of hydrogen-bond acceptors (Lipinski definition) is 6. The van der Waals surface area contributed by atoms with Crippen molar-refractivity contribution in [2.24, 2.45) is 5.73 Å². The minimum atomic E-state index is -0.171. The van der Waals surface area contributed by atoms with Crippen LogP contribution in [-0.4, -0.2) is 34.7 Å². The van der Waals surface area contributed by atoms with Crippen molar-refractivity contribution < 1.29 is 4.52 Å². The monoisotopic (exact) mass is 292 g/mol. The molecule has 6 heteroatoms. The summed E-state index contributed by atoms with van der Waals surface area (Å²) in [5, 5.41) is 6.12. The Kier molecular flexibility index (Phi) is 4.14. The van der Waals surface area contributed by atoms with Gasteiger partial charge in [0, 0.05) is 6.54 Å². The van der Waals surface area contributed by atoms with E-state index in [1.165, 1.54) is 18.4 Å². The maximum absolute atomic E-state index is 6.19. The molecule has 5 nitrogen and oxygen atoms in total. The predicted octanol–water partition coefficient (Wildman–Crippen LogP) is 2.46. The molecular weight excluding hydrogens is 272 g/mol. The third-order valence-electron chi connectivity index (χ3n) is 3.75. The fourth-order valence-corrected chi connectivity index (χ4v) is 3.52.